The molecule has 0 amide bonds. The van der Waals surface area contributed by atoms with Crippen LogP contribution < -0.4 is 5.32 Å². The van der Waals surface area contributed by atoms with Gasteiger partial charge in [0.25, 0.3) is 0 Å². The largest absolute Gasteiger partial charge is 0.396 e. The number of hydrogen-bond acceptors (Lipinski definition) is 2. The molecule has 0 aromatic heterocycles. The van der Waals surface area contributed by atoms with Gasteiger partial charge in [0.1, 0.15) is 5.82 Å². The van der Waals surface area contributed by atoms with Crippen LogP contribution >= 0.6 is 11.6 Å². The first-order valence-electron chi connectivity index (χ1n) is 5.33. The summed E-state index contributed by atoms with van der Waals surface area (Å²) in [6.07, 6.45) is 1.40. The van der Waals surface area contributed by atoms with E-state index < -0.39 is 0 Å². The van der Waals surface area contributed by atoms with Crippen LogP contribution in [0.3, 0.4) is 0 Å². The fraction of sp³-hybridized carbons (Fsp3) is 0.500. The number of nitrogens with one attached hydrogen (secondary N) is 1. The van der Waals surface area contributed by atoms with E-state index in [1.54, 1.807) is 20.0 Å². The zero-order valence-corrected chi connectivity index (χ0v) is 10.3. The van der Waals surface area contributed by atoms with Gasteiger partial charge in [0.15, 0.2) is 0 Å². The third-order valence-corrected chi connectivity index (χ3v) is 2.98. The maximum Gasteiger partial charge on any atom is 0.126 e. The quantitative estimate of drug-likeness (QED) is 0.836. The smallest absolute Gasteiger partial charge is 0.126 e. The topological polar surface area (TPSA) is 32.3 Å². The van der Waals surface area contributed by atoms with Crippen molar-refractivity contribution in [1.82, 2.24) is 5.32 Å². The summed E-state index contributed by atoms with van der Waals surface area (Å²) >= 11 is 6.08. The average molecular weight is 246 g/mol. The third-order valence-electron chi connectivity index (χ3n) is 2.65. The van der Waals surface area contributed by atoms with Crippen LogP contribution in [0.5, 0.6) is 0 Å². The van der Waals surface area contributed by atoms with E-state index in [9.17, 15) is 4.39 Å². The van der Waals surface area contributed by atoms with Crippen LogP contribution in [0.1, 0.15) is 30.0 Å². The number of halogens is 2. The van der Waals surface area contributed by atoms with Crippen LogP contribution in [-0.4, -0.2) is 18.8 Å². The lowest BCUT2D eigenvalue weighted by Gasteiger charge is -2.18. The van der Waals surface area contributed by atoms with Gasteiger partial charge in [-0.05, 0) is 50.1 Å². The van der Waals surface area contributed by atoms with E-state index in [1.807, 2.05) is 0 Å². The maximum atomic E-state index is 13.4. The van der Waals surface area contributed by atoms with Gasteiger partial charge in [-0.15, -0.1) is 0 Å². The van der Waals surface area contributed by atoms with Crippen LogP contribution in [-0.2, 0) is 0 Å². The molecule has 2 N–H and O–H groups in total. The molecule has 0 saturated carbocycles. The molecule has 1 unspecified atom stereocenters. The van der Waals surface area contributed by atoms with Crippen molar-refractivity contribution in [1.29, 1.82) is 0 Å². The molecule has 0 aliphatic rings. The molecule has 4 heteroatoms. The SMILES string of the molecule is CNC(CCCO)c1cc(F)c(C)cc1Cl. The van der Waals surface area contributed by atoms with Crippen molar-refractivity contribution < 1.29 is 9.50 Å². The molecule has 90 valence electrons. The van der Waals surface area contributed by atoms with E-state index in [0.29, 0.717) is 17.0 Å². The van der Waals surface area contributed by atoms with E-state index >= 15 is 0 Å². The van der Waals surface area contributed by atoms with E-state index in [0.717, 1.165) is 12.0 Å². The van der Waals surface area contributed by atoms with E-state index in [1.165, 1.54) is 6.07 Å². The van der Waals surface area contributed by atoms with Crippen LogP contribution in [0.15, 0.2) is 12.1 Å². The monoisotopic (exact) mass is 245 g/mol. The molecular formula is C12H17ClFNO. The Morgan fingerprint density at radius 1 is 1.50 bits per heavy atom. The van der Waals surface area contributed by atoms with E-state index in [-0.39, 0.29) is 18.5 Å². The summed E-state index contributed by atoms with van der Waals surface area (Å²) in [6, 6.07) is 3.08. The highest BCUT2D eigenvalue weighted by atomic mass is 35.5. The summed E-state index contributed by atoms with van der Waals surface area (Å²) in [5, 5.41) is 12.4. The van der Waals surface area contributed by atoms with Crippen molar-refractivity contribution in [3.8, 4) is 0 Å². The van der Waals surface area contributed by atoms with E-state index in [4.69, 9.17) is 16.7 Å². The predicted molar refractivity (Wildman–Crippen MR) is 64.3 cm³/mol. The van der Waals surface area contributed by atoms with Gasteiger partial charge >= 0.3 is 0 Å². The van der Waals surface area contributed by atoms with Crippen LogP contribution in [0, 0.1) is 12.7 Å². The number of benzene rings is 1. The minimum atomic E-state index is -0.247. The minimum Gasteiger partial charge on any atom is -0.396 e. The van der Waals surface area contributed by atoms with Crippen molar-refractivity contribution in [2.24, 2.45) is 0 Å². The highest BCUT2D eigenvalue weighted by Gasteiger charge is 2.14. The highest BCUT2D eigenvalue weighted by molar-refractivity contribution is 6.31. The molecule has 0 spiro atoms. The van der Waals surface area contributed by atoms with Gasteiger partial charge in [0.05, 0.1) is 0 Å². The Bertz CT molecular complexity index is 357. The van der Waals surface area contributed by atoms with Gasteiger partial charge in [0, 0.05) is 17.7 Å². The molecule has 0 aliphatic carbocycles. The Morgan fingerprint density at radius 3 is 2.75 bits per heavy atom. The predicted octanol–water partition coefficient (Wildman–Crippen LogP) is 2.82. The number of aliphatic hydroxyl groups is 1. The molecule has 1 aromatic rings. The Balaban J connectivity index is 2.95. The first-order chi connectivity index (χ1) is 7.60. The second-order valence-electron chi connectivity index (χ2n) is 3.83. The lowest BCUT2D eigenvalue weighted by atomic mass is 10.0. The standard InChI is InChI=1S/C12H17ClFNO/c1-8-6-10(13)9(7-11(8)14)12(15-2)4-3-5-16/h6-7,12,15-16H,3-5H2,1-2H3. The molecule has 16 heavy (non-hydrogen) atoms. The molecule has 0 bridgehead atoms. The van der Waals surface area contributed by atoms with Crippen molar-refractivity contribution in [2.75, 3.05) is 13.7 Å². The van der Waals surface area contributed by atoms with E-state index in [2.05, 4.69) is 5.32 Å². The second kappa shape index (κ2) is 6.18. The minimum absolute atomic E-state index is 0.0188. The van der Waals surface area contributed by atoms with Crippen LogP contribution in [0.4, 0.5) is 4.39 Å². The molecule has 1 rings (SSSR count). The van der Waals surface area contributed by atoms with Crippen LogP contribution in [0.2, 0.25) is 5.02 Å². The molecule has 0 fully saturated rings. The van der Waals surface area contributed by atoms with Crippen molar-refractivity contribution >= 4 is 11.6 Å². The molecule has 1 atom stereocenters. The number of rotatable bonds is 5. The highest BCUT2D eigenvalue weighted by Crippen LogP contribution is 2.28. The maximum absolute atomic E-state index is 13.4. The summed E-state index contributed by atoms with van der Waals surface area (Å²) in [5.74, 6) is -0.247. The summed E-state index contributed by atoms with van der Waals surface area (Å²) in [4.78, 5) is 0. The van der Waals surface area contributed by atoms with Gasteiger partial charge < -0.3 is 10.4 Å². The Labute approximate surface area is 100 Å². The molecule has 0 saturated heterocycles. The first-order valence-corrected chi connectivity index (χ1v) is 5.71. The molecule has 0 aliphatic heterocycles. The van der Waals surface area contributed by atoms with Gasteiger partial charge in [-0.3, -0.25) is 0 Å². The average Bonchev–Trinajstić information content (AvgIpc) is 2.26. The van der Waals surface area contributed by atoms with Crippen molar-refractivity contribution in [3.63, 3.8) is 0 Å². The second-order valence-corrected chi connectivity index (χ2v) is 4.24. The fourth-order valence-electron chi connectivity index (χ4n) is 1.68. The lowest BCUT2D eigenvalue weighted by Crippen LogP contribution is -2.17. The van der Waals surface area contributed by atoms with Crippen molar-refractivity contribution in [2.45, 2.75) is 25.8 Å². The van der Waals surface area contributed by atoms with Gasteiger partial charge in [-0.25, -0.2) is 4.39 Å². The molecule has 2 nitrogen and oxygen atoms in total. The van der Waals surface area contributed by atoms with Gasteiger partial charge in [-0.2, -0.15) is 0 Å². The third kappa shape index (κ3) is 3.17. The summed E-state index contributed by atoms with van der Waals surface area (Å²) < 4.78 is 13.4. The zero-order chi connectivity index (χ0) is 12.1. The van der Waals surface area contributed by atoms with Gasteiger partial charge in [-0.1, -0.05) is 11.6 Å². The number of hydrogen-bond donors (Lipinski definition) is 2. The Morgan fingerprint density at radius 2 is 2.19 bits per heavy atom. The zero-order valence-electron chi connectivity index (χ0n) is 9.56. The summed E-state index contributed by atoms with van der Waals surface area (Å²) in [5.41, 5.74) is 1.30. The Hall–Kier alpha value is -0.640. The molecule has 0 heterocycles. The number of aryl methyl sites for hydroxylation is 1. The number of aliphatic hydroxyl groups excluding tert-OH is 1. The Kier molecular flexibility index (Phi) is 5.19. The van der Waals surface area contributed by atoms with Crippen molar-refractivity contribution in [3.05, 3.63) is 34.1 Å². The van der Waals surface area contributed by atoms with Crippen LogP contribution in [0.25, 0.3) is 0 Å². The van der Waals surface area contributed by atoms with Gasteiger partial charge in [0.2, 0.25) is 0 Å². The lowest BCUT2D eigenvalue weighted by molar-refractivity contribution is 0.276. The normalized spacial score (nSPS) is 12.8. The molecule has 1 aromatic carbocycles. The summed E-state index contributed by atoms with van der Waals surface area (Å²) in [6.45, 7) is 1.82. The molecular weight excluding hydrogens is 229 g/mol. The fourth-order valence-corrected chi connectivity index (χ4v) is 2.03. The summed E-state index contributed by atoms with van der Waals surface area (Å²) in [7, 11) is 1.80. The first kappa shape index (κ1) is 13.4. The molecule has 0 radical (unpaired) electrons.